The molecule has 3 heterocycles. The summed E-state index contributed by atoms with van der Waals surface area (Å²) in [4.78, 5) is 6.34. The molecule has 0 amide bonds. The van der Waals surface area contributed by atoms with Gasteiger partial charge in [-0.1, -0.05) is 18.2 Å². The van der Waals surface area contributed by atoms with Gasteiger partial charge in [0.25, 0.3) is 0 Å². The molecule has 3 aromatic rings. The first-order valence-electron chi connectivity index (χ1n) is 9.30. The Morgan fingerprint density at radius 1 is 1.07 bits per heavy atom. The maximum atomic E-state index is 10.3. The van der Waals surface area contributed by atoms with Gasteiger partial charge in [0, 0.05) is 55.3 Å². The maximum Gasteiger partial charge on any atom is 0.0973 e. The summed E-state index contributed by atoms with van der Waals surface area (Å²) < 4.78 is 1.90. The molecule has 6 nitrogen and oxygen atoms in total. The fourth-order valence-electron chi connectivity index (χ4n) is 3.63. The molecular weight excluding hydrogens is 340 g/mol. The first-order chi connectivity index (χ1) is 13.2. The lowest BCUT2D eigenvalue weighted by molar-refractivity contribution is -0.00440. The van der Waals surface area contributed by atoms with Crippen molar-refractivity contribution in [2.24, 2.45) is 5.92 Å². The van der Waals surface area contributed by atoms with Gasteiger partial charge >= 0.3 is 0 Å². The number of β-amino-alcohol motifs (C(OH)–C–C–N with tert-alkyl or cyclic N) is 1. The van der Waals surface area contributed by atoms with Crippen molar-refractivity contribution < 1.29 is 10.2 Å². The molecule has 6 heteroatoms. The molecule has 0 radical (unpaired) electrons. The Hall–Kier alpha value is -2.54. The molecule has 4 rings (SSSR count). The number of piperidine rings is 1. The Bertz CT molecular complexity index is 866. The maximum absolute atomic E-state index is 10.3. The lowest BCUT2D eigenvalue weighted by atomic mass is 9.94. The zero-order chi connectivity index (χ0) is 18.6. The minimum atomic E-state index is -0.489. The van der Waals surface area contributed by atoms with Crippen LogP contribution in [0.4, 0.5) is 0 Å². The number of para-hydroxylation sites is 1. The van der Waals surface area contributed by atoms with Crippen LogP contribution in [0.2, 0.25) is 0 Å². The summed E-state index contributed by atoms with van der Waals surface area (Å²) in [7, 11) is 0. The molecule has 1 fully saturated rings. The van der Waals surface area contributed by atoms with Crippen molar-refractivity contribution in [3.8, 4) is 16.9 Å². The van der Waals surface area contributed by atoms with E-state index in [2.05, 4.69) is 16.1 Å². The number of aliphatic hydroxyl groups excluding tert-OH is 2. The van der Waals surface area contributed by atoms with Gasteiger partial charge in [0.1, 0.15) is 0 Å². The van der Waals surface area contributed by atoms with Crippen LogP contribution in [0.1, 0.15) is 12.0 Å². The second-order valence-corrected chi connectivity index (χ2v) is 7.05. The van der Waals surface area contributed by atoms with Crippen molar-refractivity contribution in [2.75, 3.05) is 19.7 Å². The SMILES string of the molecule is OCC1CCN(Cc2cn(-c3ccccc3)nc2-c2ccncc2)CC1O. The Morgan fingerprint density at radius 3 is 2.56 bits per heavy atom. The van der Waals surface area contributed by atoms with Crippen molar-refractivity contribution in [2.45, 2.75) is 19.1 Å². The molecule has 0 bridgehead atoms. The highest BCUT2D eigenvalue weighted by molar-refractivity contribution is 5.62. The van der Waals surface area contributed by atoms with Crippen molar-refractivity contribution in [1.29, 1.82) is 0 Å². The van der Waals surface area contributed by atoms with E-state index in [-0.39, 0.29) is 12.5 Å². The quantitative estimate of drug-likeness (QED) is 0.725. The van der Waals surface area contributed by atoms with E-state index in [1.165, 1.54) is 0 Å². The molecule has 140 valence electrons. The molecule has 1 aliphatic heterocycles. The van der Waals surface area contributed by atoms with Crippen molar-refractivity contribution in [3.63, 3.8) is 0 Å². The number of benzene rings is 1. The molecule has 2 aromatic heterocycles. The summed E-state index contributed by atoms with van der Waals surface area (Å²) in [5, 5.41) is 24.4. The van der Waals surface area contributed by atoms with Gasteiger partial charge < -0.3 is 10.2 Å². The van der Waals surface area contributed by atoms with Crippen LogP contribution in [0.3, 0.4) is 0 Å². The minimum Gasteiger partial charge on any atom is -0.396 e. The standard InChI is InChI=1S/C21H24N4O2/c26-15-17-8-11-24(14-20(17)27)12-18-13-25(19-4-2-1-3-5-19)23-21(18)16-6-9-22-10-7-16/h1-7,9-10,13,17,20,26-27H,8,11-12,14-15H2. The number of hydrogen-bond donors (Lipinski definition) is 2. The average molecular weight is 364 g/mol. The number of hydrogen-bond acceptors (Lipinski definition) is 5. The van der Waals surface area contributed by atoms with Gasteiger partial charge in [-0.15, -0.1) is 0 Å². The van der Waals surface area contributed by atoms with Crippen molar-refractivity contribution in [3.05, 3.63) is 66.6 Å². The van der Waals surface area contributed by atoms with E-state index in [1.54, 1.807) is 12.4 Å². The second kappa shape index (κ2) is 8.00. The smallest absolute Gasteiger partial charge is 0.0973 e. The first-order valence-corrected chi connectivity index (χ1v) is 9.30. The molecule has 1 aromatic carbocycles. The summed E-state index contributed by atoms with van der Waals surface area (Å²) in [5.74, 6) is -0.0204. The zero-order valence-corrected chi connectivity index (χ0v) is 15.1. The highest BCUT2D eigenvalue weighted by Gasteiger charge is 2.28. The molecule has 0 aliphatic carbocycles. The number of likely N-dealkylation sites (tertiary alicyclic amines) is 1. The molecular formula is C21H24N4O2. The molecule has 2 unspecified atom stereocenters. The van der Waals surface area contributed by atoms with E-state index in [9.17, 15) is 10.2 Å². The number of aromatic nitrogens is 3. The topological polar surface area (TPSA) is 74.4 Å². The van der Waals surface area contributed by atoms with Gasteiger partial charge in [-0.3, -0.25) is 9.88 Å². The van der Waals surface area contributed by atoms with Crippen LogP contribution in [-0.2, 0) is 6.54 Å². The summed E-state index contributed by atoms with van der Waals surface area (Å²) in [6.45, 7) is 2.18. The summed E-state index contributed by atoms with van der Waals surface area (Å²) >= 11 is 0. The molecule has 2 atom stereocenters. The highest BCUT2D eigenvalue weighted by Crippen LogP contribution is 2.26. The molecule has 27 heavy (non-hydrogen) atoms. The molecule has 0 saturated carbocycles. The molecule has 1 saturated heterocycles. The normalized spacial score (nSPS) is 20.7. The van der Waals surface area contributed by atoms with Gasteiger partial charge in [-0.25, -0.2) is 4.68 Å². The third-order valence-corrected chi connectivity index (χ3v) is 5.20. The summed E-state index contributed by atoms with van der Waals surface area (Å²) in [5.41, 5.74) is 4.08. The monoisotopic (exact) mass is 364 g/mol. The molecule has 0 spiro atoms. The fraction of sp³-hybridized carbons (Fsp3) is 0.333. The number of aliphatic hydroxyl groups is 2. The number of pyridine rings is 1. The molecule has 2 N–H and O–H groups in total. The van der Waals surface area contributed by atoms with Gasteiger partial charge in [0.05, 0.1) is 17.5 Å². The van der Waals surface area contributed by atoms with Crippen LogP contribution in [0.25, 0.3) is 16.9 Å². The molecule has 1 aliphatic rings. The Morgan fingerprint density at radius 2 is 1.85 bits per heavy atom. The van der Waals surface area contributed by atoms with E-state index < -0.39 is 6.10 Å². The van der Waals surface area contributed by atoms with Gasteiger partial charge in [0.15, 0.2) is 0 Å². The predicted molar refractivity (Wildman–Crippen MR) is 103 cm³/mol. The number of nitrogens with zero attached hydrogens (tertiary/aromatic N) is 4. The Balaban J connectivity index is 1.64. The van der Waals surface area contributed by atoms with Crippen LogP contribution in [0, 0.1) is 5.92 Å². The summed E-state index contributed by atoms with van der Waals surface area (Å²) in [6.07, 6.45) is 5.93. The predicted octanol–water partition coefficient (Wildman–Crippen LogP) is 2.11. The van der Waals surface area contributed by atoms with E-state index >= 15 is 0 Å². The third-order valence-electron chi connectivity index (χ3n) is 5.20. The van der Waals surface area contributed by atoms with Gasteiger partial charge in [0.2, 0.25) is 0 Å². The fourth-order valence-corrected chi connectivity index (χ4v) is 3.63. The average Bonchev–Trinajstić information content (AvgIpc) is 3.13. The largest absolute Gasteiger partial charge is 0.396 e. The van der Waals surface area contributed by atoms with Crippen LogP contribution in [0.5, 0.6) is 0 Å². The van der Waals surface area contributed by atoms with Crippen molar-refractivity contribution >= 4 is 0 Å². The lowest BCUT2D eigenvalue weighted by Gasteiger charge is -2.35. The van der Waals surface area contributed by atoms with E-state index in [4.69, 9.17) is 5.10 Å². The van der Waals surface area contributed by atoms with Crippen molar-refractivity contribution in [1.82, 2.24) is 19.7 Å². The van der Waals surface area contributed by atoms with E-state index in [0.717, 1.165) is 35.5 Å². The Kier molecular flexibility index (Phi) is 5.29. The second-order valence-electron chi connectivity index (χ2n) is 7.05. The first kappa shape index (κ1) is 17.9. The van der Waals surface area contributed by atoms with Gasteiger partial charge in [-0.05, 0) is 37.2 Å². The highest BCUT2D eigenvalue weighted by atomic mass is 16.3. The van der Waals surface area contributed by atoms with Crippen LogP contribution in [0.15, 0.2) is 61.1 Å². The third kappa shape index (κ3) is 3.93. The van der Waals surface area contributed by atoms with E-state index in [0.29, 0.717) is 13.1 Å². The van der Waals surface area contributed by atoms with Crippen LogP contribution < -0.4 is 0 Å². The van der Waals surface area contributed by atoms with Gasteiger partial charge in [-0.2, -0.15) is 5.10 Å². The van der Waals surface area contributed by atoms with Crippen LogP contribution >= 0.6 is 0 Å². The Labute approximate surface area is 158 Å². The zero-order valence-electron chi connectivity index (χ0n) is 15.1. The summed E-state index contributed by atoms with van der Waals surface area (Å²) in [6, 6.07) is 14.0. The van der Waals surface area contributed by atoms with E-state index in [1.807, 2.05) is 47.1 Å². The number of rotatable bonds is 5. The minimum absolute atomic E-state index is 0.0204. The lowest BCUT2D eigenvalue weighted by Crippen LogP contribution is -2.44. The van der Waals surface area contributed by atoms with Crippen LogP contribution in [-0.4, -0.2) is 55.7 Å².